The van der Waals surface area contributed by atoms with Gasteiger partial charge >= 0.3 is 0 Å². The second-order valence-electron chi connectivity index (χ2n) is 9.06. The molecule has 0 N–H and O–H groups in total. The first-order valence-electron chi connectivity index (χ1n) is 11.6. The molecule has 0 saturated heterocycles. The van der Waals surface area contributed by atoms with Gasteiger partial charge in [-0.05, 0) is 65.6 Å². The fourth-order valence-corrected chi connectivity index (χ4v) is 5.08. The number of hydrogen-bond donors (Lipinski definition) is 0. The lowest BCUT2D eigenvalue weighted by atomic mass is 9.84. The molecule has 0 fully saturated rings. The van der Waals surface area contributed by atoms with E-state index in [1.165, 1.54) is 27.8 Å². The van der Waals surface area contributed by atoms with Gasteiger partial charge in [-0.2, -0.15) is 0 Å². The summed E-state index contributed by atoms with van der Waals surface area (Å²) in [5.41, 5.74) is 7.05. The van der Waals surface area contributed by atoms with Crippen LogP contribution in [0, 0.1) is 0 Å². The summed E-state index contributed by atoms with van der Waals surface area (Å²) in [5, 5.41) is 0. The number of nitrogens with zero attached hydrogens (tertiary/aromatic N) is 2. The summed E-state index contributed by atoms with van der Waals surface area (Å²) in [6.45, 7) is 5.94. The van der Waals surface area contributed by atoms with E-state index < -0.39 is 0 Å². The van der Waals surface area contributed by atoms with Gasteiger partial charge in [0, 0.05) is 38.6 Å². The van der Waals surface area contributed by atoms with Gasteiger partial charge in [-0.25, -0.2) is 0 Å². The van der Waals surface area contributed by atoms with E-state index in [1.807, 2.05) is 0 Å². The van der Waals surface area contributed by atoms with Gasteiger partial charge in [0.15, 0.2) is 0 Å². The first kappa shape index (κ1) is 21.0. The summed E-state index contributed by atoms with van der Waals surface area (Å²) in [7, 11) is 3.91. The van der Waals surface area contributed by atoms with E-state index in [-0.39, 0.29) is 0 Å². The van der Waals surface area contributed by atoms with Crippen molar-refractivity contribution in [3.63, 3.8) is 0 Å². The van der Waals surface area contributed by atoms with E-state index in [9.17, 15) is 0 Å². The fourth-order valence-electron chi connectivity index (χ4n) is 5.08. The first-order valence-corrected chi connectivity index (χ1v) is 11.6. The third-order valence-corrected chi connectivity index (χ3v) is 6.74. The smallest absolute Gasteiger partial charge is 0.119 e. The molecule has 4 heteroatoms. The van der Waals surface area contributed by atoms with E-state index in [2.05, 4.69) is 83.6 Å². The average Bonchev–Trinajstić information content (AvgIpc) is 3.24. The molecule has 3 aromatic carbocycles. The molecule has 166 valence electrons. The topological polar surface area (TPSA) is 24.9 Å². The Bertz CT molecular complexity index is 1040. The number of hydrogen-bond acceptors (Lipinski definition) is 4. The molecule has 1 unspecified atom stereocenters. The van der Waals surface area contributed by atoms with Crippen LogP contribution in [-0.2, 0) is 19.6 Å². The monoisotopic (exact) mass is 428 g/mol. The number of ether oxygens (including phenoxy) is 2. The van der Waals surface area contributed by atoms with Crippen molar-refractivity contribution >= 4 is 0 Å². The Balaban J connectivity index is 1.19. The highest BCUT2D eigenvalue weighted by molar-refractivity contribution is 5.45. The SMILES string of the molecule is COc1ccc(C2CN(C)Cc3cc(OCCCN4Cc5ccccc5C4)ccc32)cc1. The van der Waals surface area contributed by atoms with Crippen LogP contribution in [0.2, 0.25) is 0 Å². The zero-order valence-electron chi connectivity index (χ0n) is 19.1. The molecule has 0 spiro atoms. The van der Waals surface area contributed by atoms with Crippen LogP contribution in [-0.4, -0.2) is 43.7 Å². The lowest BCUT2D eigenvalue weighted by Crippen LogP contribution is -2.31. The maximum atomic E-state index is 6.15. The van der Waals surface area contributed by atoms with E-state index >= 15 is 0 Å². The van der Waals surface area contributed by atoms with Crippen LogP contribution in [0.25, 0.3) is 0 Å². The van der Waals surface area contributed by atoms with Crippen LogP contribution in [0.4, 0.5) is 0 Å². The van der Waals surface area contributed by atoms with Crippen molar-refractivity contribution in [3.05, 3.63) is 94.5 Å². The van der Waals surface area contributed by atoms with Crippen molar-refractivity contribution in [3.8, 4) is 11.5 Å². The maximum absolute atomic E-state index is 6.15. The van der Waals surface area contributed by atoms with Crippen molar-refractivity contribution in [2.24, 2.45) is 0 Å². The van der Waals surface area contributed by atoms with Crippen molar-refractivity contribution in [1.29, 1.82) is 0 Å². The molecule has 4 nitrogen and oxygen atoms in total. The number of likely N-dealkylation sites (N-methyl/N-ethyl adjacent to an activating group) is 1. The highest BCUT2D eigenvalue weighted by Gasteiger charge is 2.25. The molecule has 0 saturated carbocycles. The molecule has 0 bridgehead atoms. The summed E-state index contributed by atoms with van der Waals surface area (Å²) >= 11 is 0. The number of fused-ring (bicyclic) bond motifs is 2. The van der Waals surface area contributed by atoms with Gasteiger partial charge in [0.2, 0.25) is 0 Å². The molecule has 0 radical (unpaired) electrons. The van der Waals surface area contributed by atoms with Gasteiger partial charge in [0.25, 0.3) is 0 Å². The molecule has 5 rings (SSSR count). The third kappa shape index (κ3) is 4.52. The third-order valence-electron chi connectivity index (χ3n) is 6.74. The molecular formula is C28H32N2O2. The Kier molecular flexibility index (Phi) is 6.15. The largest absolute Gasteiger partial charge is 0.497 e. The van der Waals surface area contributed by atoms with E-state index in [4.69, 9.17) is 9.47 Å². The minimum atomic E-state index is 0.375. The zero-order chi connectivity index (χ0) is 21.9. The Morgan fingerprint density at radius 3 is 2.28 bits per heavy atom. The van der Waals surface area contributed by atoms with Crippen molar-refractivity contribution in [1.82, 2.24) is 9.80 Å². The van der Waals surface area contributed by atoms with E-state index in [0.717, 1.165) is 57.3 Å². The Morgan fingerprint density at radius 2 is 1.56 bits per heavy atom. The summed E-state index contributed by atoms with van der Waals surface area (Å²) < 4.78 is 11.5. The van der Waals surface area contributed by atoms with Crippen molar-refractivity contribution in [2.75, 3.05) is 33.9 Å². The molecule has 0 aromatic heterocycles. The zero-order valence-corrected chi connectivity index (χ0v) is 19.1. The Labute approximate surface area is 191 Å². The van der Waals surface area contributed by atoms with Crippen molar-refractivity contribution < 1.29 is 9.47 Å². The Hall–Kier alpha value is -2.82. The number of benzene rings is 3. The second kappa shape index (κ2) is 9.35. The minimum absolute atomic E-state index is 0.375. The van der Waals surface area contributed by atoms with Gasteiger partial charge < -0.3 is 14.4 Å². The van der Waals surface area contributed by atoms with Gasteiger partial charge in [-0.1, -0.05) is 42.5 Å². The molecule has 2 heterocycles. The molecular weight excluding hydrogens is 396 g/mol. The molecule has 2 aliphatic rings. The van der Waals surface area contributed by atoms with Crippen LogP contribution >= 0.6 is 0 Å². The van der Waals surface area contributed by atoms with Crippen LogP contribution in [0.15, 0.2) is 66.7 Å². The molecule has 3 aromatic rings. The summed E-state index contributed by atoms with van der Waals surface area (Å²) in [6, 6.07) is 23.9. The van der Waals surface area contributed by atoms with Gasteiger partial charge in [0.05, 0.1) is 13.7 Å². The summed E-state index contributed by atoms with van der Waals surface area (Å²) in [5.74, 6) is 2.26. The molecule has 0 aliphatic carbocycles. The van der Waals surface area contributed by atoms with Crippen LogP contribution in [0.3, 0.4) is 0 Å². The fraction of sp³-hybridized carbons (Fsp3) is 0.357. The summed E-state index contributed by atoms with van der Waals surface area (Å²) in [6.07, 6.45) is 1.04. The maximum Gasteiger partial charge on any atom is 0.119 e. The van der Waals surface area contributed by atoms with Gasteiger partial charge in [0.1, 0.15) is 11.5 Å². The van der Waals surface area contributed by atoms with Crippen LogP contribution in [0.1, 0.15) is 40.2 Å². The van der Waals surface area contributed by atoms with E-state index in [1.54, 1.807) is 7.11 Å². The van der Waals surface area contributed by atoms with Crippen molar-refractivity contribution in [2.45, 2.75) is 32.0 Å². The minimum Gasteiger partial charge on any atom is -0.497 e. The molecule has 32 heavy (non-hydrogen) atoms. The second-order valence-corrected chi connectivity index (χ2v) is 9.06. The highest BCUT2D eigenvalue weighted by atomic mass is 16.5. The number of methoxy groups -OCH3 is 1. The first-order chi connectivity index (χ1) is 15.7. The molecule has 1 atom stereocenters. The van der Waals surface area contributed by atoms with Gasteiger partial charge in [-0.15, -0.1) is 0 Å². The predicted molar refractivity (Wildman–Crippen MR) is 128 cm³/mol. The Morgan fingerprint density at radius 1 is 0.844 bits per heavy atom. The molecule has 2 aliphatic heterocycles. The molecule has 0 amide bonds. The van der Waals surface area contributed by atoms with Gasteiger partial charge in [-0.3, -0.25) is 4.90 Å². The normalized spacial score (nSPS) is 18.2. The van der Waals surface area contributed by atoms with Crippen LogP contribution in [0.5, 0.6) is 11.5 Å². The lowest BCUT2D eigenvalue weighted by Gasteiger charge is -2.33. The summed E-state index contributed by atoms with van der Waals surface area (Å²) in [4.78, 5) is 4.90. The quantitative estimate of drug-likeness (QED) is 0.491. The predicted octanol–water partition coefficient (Wildman–Crippen LogP) is 5.06. The highest BCUT2D eigenvalue weighted by Crippen LogP contribution is 2.35. The van der Waals surface area contributed by atoms with E-state index in [0.29, 0.717) is 5.92 Å². The average molecular weight is 429 g/mol. The number of rotatable bonds is 7. The standard InChI is InChI=1S/C28H32N2O2/c1-29-17-24-16-26(32-15-5-14-30-18-22-6-3-4-7-23(22)19-30)12-13-27(24)28(20-29)21-8-10-25(31-2)11-9-21/h3-4,6-13,16,28H,5,14-15,17-20H2,1-2H3. The van der Waals surface area contributed by atoms with Crippen LogP contribution < -0.4 is 9.47 Å². The lowest BCUT2D eigenvalue weighted by molar-refractivity contribution is 0.237.